The van der Waals surface area contributed by atoms with E-state index in [4.69, 9.17) is 0 Å². The van der Waals surface area contributed by atoms with Gasteiger partial charge in [0.1, 0.15) is 6.04 Å². The first-order chi connectivity index (χ1) is 9.49. The number of nitrogens with zero attached hydrogens (tertiary/aromatic N) is 2. The number of likely N-dealkylation sites (tertiary alicyclic amines) is 1. The van der Waals surface area contributed by atoms with E-state index in [-0.39, 0.29) is 5.69 Å². The van der Waals surface area contributed by atoms with Gasteiger partial charge in [-0.15, -0.1) is 0 Å². The van der Waals surface area contributed by atoms with Gasteiger partial charge in [-0.1, -0.05) is 22.4 Å². The SMILES string of the molecule is O=C(O)C1CCCCN1Cc1ccc([N+](=O)[O-])cc1Br. The highest BCUT2D eigenvalue weighted by Gasteiger charge is 2.28. The molecule has 6 nitrogen and oxygen atoms in total. The van der Waals surface area contributed by atoms with Crippen molar-refractivity contribution >= 4 is 27.6 Å². The van der Waals surface area contributed by atoms with E-state index < -0.39 is 16.9 Å². The Morgan fingerprint density at radius 3 is 2.85 bits per heavy atom. The molecule has 1 aliphatic rings. The highest BCUT2D eigenvalue weighted by molar-refractivity contribution is 9.10. The molecule has 1 aromatic carbocycles. The zero-order valence-corrected chi connectivity index (χ0v) is 12.4. The third-order valence-corrected chi connectivity index (χ3v) is 4.26. The van der Waals surface area contributed by atoms with E-state index in [9.17, 15) is 20.0 Å². The predicted molar refractivity (Wildman–Crippen MR) is 76.5 cm³/mol. The van der Waals surface area contributed by atoms with Gasteiger partial charge in [0.25, 0.3) is 5.69 Å². The number of carboxylic acid groups (broad SMARTS) is 1. The molecule has 0 bridgehead atoms. The summed E-state index contributed by atoms with van der Waals surface area (Å²) in [7, 11) is 0. The molecule has 1 heterocycles. The maximum absolute atomic E-state index is 11.2. The van der Waals surface area contributed by atoms with Crippen LogP contribution in [0.3, 0.4) is 0 Å². The summed E-state index contributed by atoms with van der Waals surface area (Å²) in [5, 5.41) is 19.9. The van der Waals surface area contributed by atoms with Gasteiger partial charge in [-0.05, 0) is 31.0 Å². The Kier molecular flexibility index (Phi) is 4.72. The molecule has 7 heteroatoms. The molecule has 1 saturated heterocycles. The minimum atomic E-state index is -0.803. The summed E-state index contributed by atoms with van der Waals surface area (Å²) in [5.41, 5.74) is 0.887. The Morgan fingerprint density at radius 2 is 2.25 bits per heavy atom. The highest BCUT2D eigenvalue weighted by atomic mass is 79.9. The van der Waals surface area contributed by atoms with Crippen LogP contribution in [0.15, 0.2) is 22.7 Å². The zero-order valence-electron chi connectivity index (χ0n) is 10.8. The molecule has 1 aliphatic heterocycles. The molecular weight excluding hydrogens is 328 g/mol. The van der Waals surface area contributed by atoms with Gasteiger partial charge in [-0.25, -0.2) is 0 Å². The van der Waals surface area contributed by atoms with Crippen LogP contribution in [0, 0.1) is 10.1 Å². The Morgan fingerprint density at radius 1 is 1.50 bits per heavy atom. The summed E-state index contributed by atoms with van der Waals surface area (Å²) in [6, 6.07) is 4.11. The first-order valence-electron chi connectivity index (χ1n) is 6.38. The number of benzene rings is 1. The number of nitro groups is 1. The molecule has 0 aromatic heterocycles. The van der Waals surface area contributed by atoms with Gasteiger partial charge >= 0.3 is 5.97 Å². The fourth-order valence-corrected chi connectivity index (χ4v) is 2.95. The van der Waals surface area contributed by atoms with Crippen molar-refractivity contribution in [3.8, 4) is 0 Å². The van der Waals surface area contributed by atoms with Gasteiger partial charge in [0.05, 0.1) is 4.92 Å². The molecule has 0 spiro atoms. The van der Waals surface area contributed by atoms with Crippen LogP contribution in [-0.2, 0) is 11.3 Å². The fourth-order valence-electron chi connectivity index (χ4n) is 2.46. The zero-order chi connectivity index (χ0) is 14.7. The topological polar surface area (TPSA) is 83.7 Å². The standard InChI is InChI=1S/C13H15BrN2O4/c14-11-7-10(16(19)20)5-4-9(11)8-15-6-2-1-3-12(15)13(17)18/h4-5,7,12H,1-3,6,8H2,(H,17,18). The van der Waals surface area contributed by atoms with Gasteiger partial charge in [-0.2, -0.15) is 0 Å². The van der Waals surface area contributed by atoms with Crippen LogP contribution in [0.5, 0.6) is 0 Å². The van der Waals surface area contributed by atoms with Crippen molar-refractivity contribution < 1.29 is 14.8 Å². The molecule has 20 heavy (non-hydrogen) atoms. The maximum atomic E-state index is 11.2. The fraction of sp³-hybridized carbons (Fsp3) is 0.462. The van der Waals surface area contributed by atoms with E-state index in [1.807, 2.05) is 4.90 Å². The van der Waals surface area contributed by atoms with Crippen LogP contribution in [0.4, 0.5) is 5.69 Å². The van der Waals surface area contributed by atoms with Crippen LogP contribution < -0.4 is 0 Å². The molecule has 1 N–H and O–H groups in total. The lowest BCUT2D eigenvalue weighted by molar-refractivity contribution is -0.384. The van der Waals surface area contributed by atoms with Crippen LogP contribution in [0.1, 0.15) is 24.8 Å². The second kappa shape index (κ2) is 6.32. The van der Waals surface area contributed by atoms with Gasteiger partial charge in [0.15, 0.2) is 0 Å². The highest BCUT2D eigenvalue weighted by Crippen LogP contribution is 2.26. The number of carbonyl (C=O) groups is 1. The minimum Gasteiger partial charge on any atom is -0.480 e. The number of non-ortho nitro benzene ring substituents is 1. The molecule has 1 aromatic rings. The largest absolute Gasteiger partial charge is 0.480 e. The van der Waals surface area contributed by atoms with Crippen molar-refractivity contribution in [3.63, 3.8) is 0 Å². The van der Waals surface area contributed by atoms with Crippen molar-refractivity contribution in [2.24, 2.45) is 0 Å². The first-order valence-corrected chi connectivity index (χ1v) is 7.18. The van der Waals surface area contributed by atoms with E-state index in [1.165, 1.54) is 12.1 Å². The van der Waals surface area contributed by atoms with Crippen molar-refractivity contribution in [1.82, 2.24) is 4.90 Å². The molecule has 1 fully saturated rings. The van der Waals surface area contributed by atoms with Gasteiger partial charge in [-0.3, -0.25) is 19.8 Å². The second-order valence-electron chi connectivity index (χ2n) is 4.85. The number of hydrogen-bond donors (Lipinski definition) is 1. The monoisotopic (exact) mass is 342 g/mol. The number of aliphatic carboxylic acids is 1. The van der Waals surface area contributed by atoms with Crippen molar-refractivity contribution in [1.29, 1.82) is 0 Å². The van der Waals surface area contributed by atoms with Gasteiger partial charge < -0.3 is 5.11 Å². The van der Waals surface area contributed by atoms with Crippen LogP contribution in [-0.4, -0.2) is 33.5 Å². The maximum Gasteiger partial charge on any atom is 0.320 e. The second-order valence-corrected chi connectivity index (χ2v) is 5.71. The summed E-state index contributed by atoms with van der Waals surface area (Å²) < 4.78 is 0.640. The number of carboxylic acids is 1. The summed E-state index contributed by atoms with van der Waals surface area (Å²) in [4.78, 5) is 23.4. The Hall–Kier alpha value is -1.47. The third-order valence-electron chi connectivity index (χ3n) is 3.52. The normalized spacial score (nSPS) is 19.8. The summed E-state index contributed by atoms with van der Waals surface area (Å²) in [6.45, 7) is 1.22. The van der Waals surface area contributed by atoms with E-state index in [0.29, 0.717) is 17.4 Å². The summed E-state index contributed by atoms with van der Waals surface area (Å²) in [5.74, 6) is -0.803. The van der Waals surface area contributed by atoms with E-state index in [2.05, 4.69) is 15.9 Å². The first kappa shape index (κ1) is 14.9. The molecule has 2 rings (SSSR count). The molecular formula is C13H15BrN2O4. The smallest absolute Gasteiger partial charge is 0.320 e. The third kappa shape index (κ3) is 3.34. The van der Waals surface area contributed by atoms with Crippen LogP contribution >= 0.6 is 15.9 Å². The van der Waals surface area contributed by atoms with Crippen molar-refractivity contribution in [3.05, 3.63) is 38.3 Å². The molecule has 1 unspecified atom stereocenters. The average Bonchev–Trinajstić information content (AvgIpc) is 2.41. The van der Waals surface area contributed by atoms with Crippen LogP contribution in [0.2, 0.25) is 0 Å². The summed E-state index contributed by atoms with van der Waals surface area (Å²) >= 11 is 3.32. The Labute approximate surface area is 124 Å². The molecule has 0 radical (unpaired) electrons. The molecule has 0 saturated carbocycles. The predicted octanol–water partition coefficient (Wildman–Crippen LogP) is 2.80. The lowest BCUT2D eigenvalue weighted by atomic mass is 10.0. The lowest BCUT2D eigenvalue weighted by Gasteiger charge is -2.33. The molecule has 1 atom stereocenters. The Bertz CT molecular complexity index is 535. The van der Waals surface area contributed by atoms with Gasteiger partial charge in [0.2, 0.25) is 0 Å². The number of nitro benzene ring substituents is 1. The molecule has 0 amide bonds. The van der Waals surface area contributed by atoms with E-state index in [1.54, 1.807) is 6.07 Å². The number of halogens is 1. The molecule has 108 valence electrons. The van der Waals surface area contributed by atoms with Crippen molar-refractivity contribution in [2.75, 3.05) is 6.54 Å². The number of piperidine rings is 1. The van der Waals surface area contributed by atoms with Crippen LogP contribution in [0.25, 0.3) is 0 Å². The lowest BCUT2D eigenvalue weighted by Crippen LogP contribution is -2.44. The summed E-state index contributed by atoms with van der Waals surface area (Å²) in [6.07, 6.45) is 2.56. The quantitative estimate of drug-likeness (QED) is 0.671. The van der Waals surface area contributed by atoms with Crippen molar-refractivity contribution in [2.45, 2.75) is 31.8 Å². The molecule has 0 aliphatic carbocycles. The minimum absolute atomic E-state index is 0.0223. The van der Waals surface area contributed by atoms with Gasteiger partial charge in [0, 0.05) is 23.2 Å². The Balaban J connectivity index is 2.16. The number of hydrogen-bond acceptors (Lipinski definition) is 4. The number of rotatable bonds is 4. The average molecular weight is 343 g/mol. The van der Waals surface area contributed by atoms with E-state index >= 15 is 0 Å². The van der Waals surface area contributed by atoms with E-state index in [0.717, 1.165) is 24.9 Å².